The molecule has 0 amide bonds. The van der Waals surface area contributed by atoms with Gasteiger partial charge in [-0.2, -0.15) is 5.57 Å². The molecule has 0 aliphatic heterocycles. The summed E-state index contributed by atoms with van der Waals surface area (Å²) in [4.78, 5) is 0. The summed E-state index contributed by atoms with van der Waals surface area (Å²) in [6.45, 7) is 2.31. The van der Waals surface area contributed by atoms with Crippen molar-refractivity contribution in [1.29, 1.82) is 0 Å². The van der Waals surface area contributed by atoms with E-state index in [0.717, 1.165) is 0 Å². The smallest absolute Gasteiger partial charge is 0.226 e. The van der Waals surface area contributed by atoms with Gasteiger partial charge in [0.2, 0.25) is 0 Å². The summed E-state index contributed by atoms with van der Waals surface area (Å²) in [6.07, 6.45) is 7.63. The van der Waals surface area contributed by atoms with E-state index in [0.29, 0.717) is 5.92 Å². The van der Waals surface area contributed by atoms with Crippen LogP contribution in [0.4, 0.5) is 0 Å². The van der Waals surface area contributed by atoms with E-state index in [1.165, 1.54) is 31.2 Å². The van der Waals surface area contributed by atoms with Crippen LogP contribution in [0.1, 0.15) is 49.7 Å². The van der Waals surface area contributed by atoms with Crippen LogP contribution in [0.15, 0.2) is 29.8 Å². The predicted octanol–water partition coefficient (Wildman–Crippen LogP) is 4.33. The van der Waals surface area contributed by atoms with Gasteiger partial charge in [-0.25, -0.2) is 12.0 Å². The fourth-order valence-corrected chi connectivity index (χ4v) is 3.13. The van der Waals surface area contributed by atoms with E-state index in [4.69, 9.17) is 0 Å². The molecule has 0 fully saturated rings. The van der Waals surface area contributed by atoms with E-state index in [1.54, 1.807) is 16.7 Å². The van der Waals surface area contributed by atoms with Gasteiger partial charge < -0.3 is 0 Å². The third-order valence-corrected chi connectivity index (χ3v) is 3.79. The quantitative estimate of drug-likeness (QED) is 0.510. The van der Waals surface area contributed by atoms with Crippen LogP contribution in [0.5, 0.6) is 0 Å². The molecule has 16 heavy (non-hydrogen) atoms. The van der Waals surface area contributed by atoms with Crippen molar-refractivity contribution >= 4 is 5.57 Å². The van der Waals surface area contributed by atoms with Crippen molar-refractivity contribution in [2.45, 2.75) is 38.5 Å². The molecule has 0 bridgehead atoms. The number of hydrogen-bond donors (Lipinski definition) is 0. The van der Waals surface area contributed by atoms with Gasteiger partial charge in [-0.05, 0) is 12.3 Å². The van der Waals surface area contributed by atoms with E-state index in [-0.39, 0.29) is 21.7 Å². The maximum atomic E-state index is 2.48. The molecule has 0 radical (unpaired) electrons. The standard InChI is InChI=1S/C15H17.Ti/c1-2-11-12-7-3-5-9-14(12)15-10-6-4-8-13(11)15;/h3,5,7-9,11H,2,4,6,10H2,1H3;/q-1;+2. The Labute approximate surface area is 113 Å². The molecule has 80 valence electrons. The Morgan fingerprint density at radius 1 is 1.31 bits per heavy atom. The number of fused-ring (bicyclic) bond motifs is 2. The second-order valence-corrected chi connectivity index (χ2v) is 4.58. The van der Waals surface area contributed by atoms with Crippen LogP contribution in [0.25, 0.3) is 5.57 Å². The zero-order valence-electron chi connectivity index (χ0n) is 9.79. The van der Waals surface area contributed by atoms with Crippen molar-refractivity contribution in [1.82, 2.24) is 0 Å². The Morgan fingerprint density at radius 2 is 2.12 bits per heavy atom. The molecular weight excluding hydrogens is 228 g/mol. The monoisotopic (exact) mass is 245 g/mol. The Hall–Kier alpha value is -0.456. The van der Waals surface area contributed by atoms with Crippen LogP contribution in [0.2, 0.25) is 0 Å². The number of benzene rings is 1. The molecule has 0 saturated heterocycles. The third kappa shape index (κ3) is 1.69. The molecular formula is C15H17Ti+. The van der Waals surface area contributed by atoms with Crippen molar-refractivity contribution in [3.05, 3.63) is 47.4 Å². The van der Waals surface area contributed by atoms with Gasteiger partial charge in [0.15, 0.2) is 0 Å². The summed E-state index contributed by atoms with van der Waals surface area (Å²) in [5, 5.41) is 0. The van der Waals surface area contributed by atoms with Crippen LogP contribution in [0.3, 0.4) is 0 Å². The summed E-state index contributed by atoms with van der Waals surface area (Å²) >= 11 is 0. The minimum atomic E-state index is 0. The van der Waals surface area contributed by atoms with Gasteiger partial charge in [-0.1, -0.05) is 55.2 Å². The molecule has 0 aromatic heterocycles. The summed E-state index contributed by atoms with van der Waals surface area (Å²) < 4.78 is 0. The van der Waals surface area contributed by atoms with Crippen LogP contribution >= 0.6 is 0 Å². The van der Waals surface area contributed by atoms with Crippen molar-refractivity contribution in [2.75, 3.05) is 0 Å². The molecule has 1 aromatic rings. The minimum absolute atomic E-state index is 0. The number of rotatable bonds is 1. The molecule has 2 aliphatic carbocycles. The first-order valence-electron chi connectivity index (χ1n) is 6.07. The first-order chi connectivity index (χ1) is 7.42. The fraction of sp³-hybridized carbons (Fsp3) is 0.400. The Bertz CT molecular complexity index is 417. The van der Waals surface area contributed by atoms with E-state index >= 15 is 0 Å². The van der Waals surface area contributed by atoms with Gasteiger partial charge in [-0.3, -0.25) is 0 Å². The SMILES string of the molecule is CCC1C2=C(CCC[CH-]2)c2ccccc21.[Ti+2]. The fourth-order valence-electron chi connectivity index (χ4n) is 3.13. The van der Waals surface area contributed by atoms with Crippen LogP contribution < -0.4 is 0 Å². The van der Waals surface area contributed by atoms with Crippen molar-refractivity contribution in [3.63, 3.8) is 0 Å². The third-order valence-electron chi connectivity index (χ3n) is 3.79. The maximum Gasteiger partial charge on any atom is 2.00 e. The van der Waals surface area contributed by atoms with Crippen molar-refractivity contribution in [3.8, 4) is 0 Å². The Kier molecular flexibility index (Phi) is 3.61. The predicted molar refractivity (Wildman–Crippen MR) is 64.5 cm³/mol. The van der Waals surface area contributed by atoms with E-state index in [1.807, 2.05) is 0 Å². The summed E-state index contributed by atoms with van der Waals surface area (Å²) in [5.41, 5.74) is 6.40. The zero-order valence-corrected chi connectivity index (χ0v) is 11.4. The number of allylic oxidation sites excluding steroid dienone is 2. The van der Waals surface area contributed by atoms with Gasteiger partial charge in [0.1, 0.15) is 0 Å². The first-order valence-corrected chi connectivity index (χ1v) is 6.07. The molecule has 1 aromatic carbocycles. The normalized spacial score (nSPS) is 21.9. The molecule has 0 N–H and O–H groups in total. The van der Waals surface area contributed by atoms with Gasteiger partial charge >= 0.3 is 21.7 Å². The van der Waals surface area contributed by atoms with Crippen molar-refractivity contribution < 1.29 is 21.7 Å². The van der Waals surface area contributed by atoms with Crippen LogP contribution in [-0.4, -0.2) is 0 Å². The summed E-state index contributed by atoms with van der Waals surface area (Å²) in [6, 6.07) is 8.98. The molecule has 0 saturated carbocycles. The number of hydrogen-bond acceptors (Lipinski definition) is 0. The molecule has 2 aliphatic rings. The topological polar surface area (TPSA) is 0 Å². The Balaban J connectivity index is 0.000000963. The second-order valence-electron chi connectivity index (χ2n) is 4.58. The molecule has 0 spiro atoms. The summed E-state index contributed by atoms with van der Waals surface area (Å²) in [7, 11) is 0. The average molecular weight is 245 g/mol. The molecule has 1 unspecified atom stereocenters. The summed E-state index contributed by atoms with van der Waals surface area (Å²) in [5.74, 6) is 0.691. The van der Waals surface area contributed by atoms with Crippen LogP contribution in [0, 0.1) is 6.42 Å². The van der Waals surface area contributed by atoms with E-state index in [2.05, 4.69) is 37.6 Å². The zero-order chi connectivity index (χ0) is 10.3. The average Bonchev–Trinajstić information content (AvgIpc) is 2.63. The van der Waals surface area contributed by atoms with Gasteiger partial charge in [-0.15, -0.1) is 6.42 Å². The van der Waals surface area contributed by atoms with E-state index < -0.39 is 0 Å². The van der Waals surface area contributed by atoms with Gasteiger partial charge in [0.25, 0.3) is 0 Å². The van der Waals surface area contributed by atoms with E-state index in [9.17, 15) is 0 Å². The molecule has 1 heteroatoms. The molecule has 1 atom stereocenters. The van der Waals surface area contributed by atoms with Crippen LogP contribution in [-0.2, 0) is 21.7 Å². The minimum Gasteiger partial charge on any atom is -0.226 e. The molecule has 0 nitrogen and oxygen atoms in total. The van der Waals surface area contributed by atoms with Crippen molar-refractivity contribution in [2.24, 2.45) is 0 Å². The van der Waals surface area contributed by atoms with Gasteiger partial charge in [0, 0.05) is 0 Å². The second kappa shape index (κ2) is 4.81. The molecule has 3 rings (SSSR count). The maximum absolute atomic E-state index is 2.48. The van der Waals surface area contributed by atoms with Gasteiger partial charge in [0.05, 0.1) is 0 Å². The Morgan fingerprint density at radius 3 is 2.94 bits per heavy atom. The largest absolute Gasteiger partial charge is 2.00 e. The molecule has 0 heterocycles. The first kappa shape index (κ1) is 12.0.